The van der Waals surface area contributed by atoms with Crippen LogP contribution in [0.25, 0.3) is 0 Å². The zero-order valence-electron chi connectivity index (χ0n) is 14.4. The minimum absolute atomic E-state index is 0.00694. The number of rotatable bonds is 9. The molecule has 4 nitrogen and oxygen atoms in total. The predicted molar refractivity (Wildman–Crippen MR) is 88.6 cm³/mol. The van der Waals surface area contributed by atoms with Gasteiger partial charge in [-0.3, -0.25) is 4.79 Å². The maximum atomic E-state index is 12.2. The monoisotopic (exact) mass is 311 g/mol. The summed E-state index contributed by atoms with van der Waals surface area (Å²) >= 11 is 0. The van der Waals surface area contributed by atoms with Crippen molar-refractivity contribution in [3.63, 3.8) is 0 Å². The summed E-state index contributed by atoms with van der Waals surface area (Å²) in [6, 6.07) is -0.765. The largest absolute Gasteiger partial charge is 0.480 e. The highest BCUT2D eigenvalue weighted by molar-refractivity contribution is 5.85. The number of hydrogen-bond acceptors (Lipinski definition) is 2. The first-order valence-electron chi connectivity index (χ1n) is 8.98. The Bertz CT molecular complexity index is 346. The lowest BCUT2D eigenvalue weighted by Gasteiger charge is -2.29. The van der Waals surface area contributed by atoms with Gasteiger partial charge in [-0.25, -0.2) is 4.79 Å². The lowest BCUT2D eigenvalue weighted by molar-refractivity contribution is -0.144. The third-order valence-corrected chi connectivity index (χ3v) is 4.91. The fourth-order valence-electron chi connectivity index (χ4n) is 3.36. The van der Waals surface area contributed by atoms with E-state index in [1.54, 1.807) is 0 Å². The third kappa shape index (κ3) is 6.37. The Labute approximate surface area is 135 Å². The Morgan fingerprint density at radius 1 is 1.09 bits per heavy atom. The SMILES string of the molecule is CCCCCCC1CCC(C(=O)N[C@H](C(=O)O)C(C)C)CC1. The Balaban J connectivity index is 2.31. The van der Waals surface area contributed by atoms with Crippen molar-refractivity contribution in [2.45, 2.75) is 84.6 Å². The van der Waals surface area contributed by atoms with Gasteiger partial charge in [0.05, 0.1) is 0 Å². The van der Waals surface area contributed by atoms with Crippen molar-refractivity contribution in [2.24, 2.45) is 17.8 Å². The molecule has 1 aliphatic rings. The topological polar surface area (TPSA) is 66.4 Å². The van der Waals surface area contributed by atoms with E-state index in [9.17, 15) is 9.59 Å². The van der Waals surface area contributed by atoms with Crippen LogP contribution in [0.1, 0.15) is 78.6 Å². The lowest BCUT2D eigenvalue weighted by atomic mass is 9.79. The van der Waals surface area contributed by atoms with E-state index in [2.05, 4.69) is 12.2 Å². The molecule has 0 radical (unpaired) electrons. The molecule has 4 heteroatoms. The van der Waals surface area contributed by atoms with Gasteiger partial charge in [0.25, 0.3) is 0 Å². The molecule has 2 N–H and O–H groups in total. The number of carbonyl (C=O) groups is 2. The Kier molecular flexibility index (Phi) is 8.51. The van der Waals surface area contributed by atoms with Gasteiger partial charge in [0.1, 0.15) is 6.04 Å². The van der Waals surface area contributed by atoms with Crippen LogP contribution in [0.2, 0.25) is 0 Å². The Hall–Kier alpha value is -1.06. The molecular weight excluding hydrogens is 278 g/mol. The first kappa shape index (κ1) is 19.0. The maximum absolute atomic E-state index is 12.2. The van der Waals surface area contributed by atoms with Crippen LogP contribution in [0.15, 0.2) is 0 Å². The van der Waals surface area contributed by atoms with Crippen molar-refractivity contribution >= 4 is 11.9 Å². The van der Waals surface area contributed by atoms with Crippen molar-refractivity contribution < 1.29 is 14.7 Å². The zero-order valence-corrected chi connectivity index (χ0v) is 14.4. The van der Waals surface area contributed by atoms with Gasteiger partial charge in [-0.15, -0.1) is 0 Å². The van der Waals surface area contributed by atoms with E-state index < -0.39 is 12.0 Å². The highest BCUT2D eigenvalue weighted by Gasteiger charge is 2.30. The molecule has 0 saturated heterocycles. The third-order valence-electron chi connectivity index (χ3n) is 4.91. The molecule has 22 heavy (non-hydrogen) atoms. The molecule has 1 amide bonds. The first-order chi connectivity index (χ1) is 10.5. The summed E-state index contributed by atoms with van der Waals surface area (Å²) in [5, 5.41) is 11.9. The van der Waals surface area contributed by atoms with Gasteiger partial charge in [-0.2, -0.15) is 0 Å². The smallest absolute Gasteiger partial charge is 0.326 e. The van der Waals surface area contributed by atoms with Crippen molar-refractivity contribution in [1.29, 1.82) is 0 Å². The lowest BCUT2D eigenvalue weighted by Crippen LogP contribution is -2.47. The quantitative estimate of drug-likeness (QED) is 0.633. The average Bonchev–Trinajstić information content (AvgIpc) is 2.49. The number of hydrogen-bond donors (Lipinski definition) is 2. The van der Waals surface area contributed by atoms with Crippen molar-refractivity contribution in [2.75, 3.05) is 0 Å². The molecule has 1 aliphatic carbocycles. The molecule has 0 aromatic rings. The number of carbonyl (C=O) groups excluding carboxylic acids is 1. The number of amides is 1. The Morgan fingerprint density at radius 2 is 1.73 bits per heavy atom. The van der Waals surface area contributed by atoms with Crippen LogP contribution in [-0.2, 0) is 9.59 Å². The van der Waals surface area contributed by atoms with Crippen molar-refractivity contribution in [1.82, 2.24) is 5.32 Å². The van der Waals surface area contributed by atoms with Gasteiger partial charge in [-0.05, 0) is 37.5 Å². The average molecular weight is 311 g/mol. The zero-order chi connectivity index (χ0) is 16.5. The molecule has 0 aromatic carbocycles. The number of nitrogens with one attached hydrogen (secondary N) is 1. The standard InChI is InChI=1S/C18H33NO3/c1-4-5-6-7-8-14-9-11-15(12-10-14)17(20)19-16(13(2)3)18(21)22/h13-16H,4-12H2,1-3H3,(H,19,20)(H,21,22)/t14?,15?,16-/m0/s1. The first-order valence-corrected chi connectivity index (χ1v) is 8.98. The number of aliphatic carboxylic acids is 1. The molecule has 0 aromatic heterocycles. The molecule has 0 bridgehead atoms. The van der Waals surface area contributed by atoms with Crippen LogP contribution < -0.4 is 5.32 Å². The van der Waals surface area contributed by atoms with Gasteiger partial charge < -0.3 is 10.4 Å². The van der Waals surface area contributed by atoms with Crippen molar-refractivity contribution in [3.05, 3.63) is 0 Å². The molecule has 1 saturated carbocycles. The number of unbranched alkanes of at least 4 members (excludes halogenated alkanes) is 3. The van der Waals surface area contributed by atoms with E-state index in [0.717, 1.165) is 31.6 Å². The van der Waals surface area contributed by atoms with E-state index in [4.69, 9.17) is 5.11 Å². The van der Waals surface area contributed by atoms with E-state index in [1.807, 2.05) is 13.8 Å². The second kappa shape index (κ2) is 9.86. The summed E-state index contributed by atoms with van der Waals surface area (Å²) in [4.78, 5) is 23.4. The molecule has 1 atom stereocenters. The molecule has 1 rings (SSSR count). The molecule has 128 valence electrons. The molecule has 0 unspecified atom stereocenters. The predicted octanol–water partition coefficient (Wildman–Crippen LogP) is 3.99. The summed E-state index contributed by atoms with van der Waals surface area (Å²) in [5.74, 6) is -0.316. The van der Waals surface area contributed by atoms with Crippen LogP contribution in [0.3, 0.4) is 0 Å². The van der Waals surface area contributed by atoms with E-state index in [0.29, 0.717) is 0 Å². The fraction of sp³-hybridized carbons (Fsp3) is 0.889. The van der Waals surface area contributed by atoms with Gasteiger partial charge in [0.15, 0.2) is 0 Å². The van der Waals surface area contributed by atoms with E-state index in [1.165, 1.54) is 32.1 Å². The van der Waals surface area contributed by atoms with E-state index >= 15 is 0 Å². The molecule has 0 spiro atoms. The highest BCUT2D eigenvalue weighted by atomic mass is 16.4. The number of carboxylic acids is 1. The van der Waals surface area contributed by atoms with Crippen LogP contribution >= 0.6 is 0 Å². The van der Waals surface area contributed by atoms with Crippen LogP contribution in [-0.4, -0.2) is 23.0 Å². The fourth-order valence-corrected chi connectivity index (χ4v) is 3.36. The minimum atomic E-state index is -0.937. The summed E-state index contributed by atoms with van der Waals surface area (Å²) < 4.78 is 0. The van der Waals surface area contributed by atoms with Crippen LogP contribution in [0, 0.1) is 17.8 Å². The van der Waals surface area contributed by atoms with Gasteiger partial charge in [0.2, 0.25) is 5.91 Å². The van der Waals surface area contributed by atoms with Crippen LogP contribution in [0.4, 0.5) is 0 Å². The molecule has 0 heterocycles. The van der Waals surface area contributed by atoms with Gasteiger partial charge >= 0.3 is 5.97 Å². The second-order valence-corrected chi connectivity index (χ2v) is 7.14. The summed E-state index contributed by atoms with van der Waals surface area (Å²) in [6.45, 7) is 5.88. The van der Waals surface area contributed by atoms with Crippen molar-refractivity contribution in [3.8, 4) is 0 Å². The minimum Gasteiger partial charge on any atom is -0.480 e. The molecular formula is C18H33NO3. The van der Waals surface area contributed by atoms with E-state index in [-0.39, 0.29) is 17.7 Å². The Morgan fingerprint density at radius 3 is 2.23 bits per heavy atom. The maximum Gasteiger partial charge on any atom is 0.326 e. The van der Waals surface area contributed by atoms with Gasteiger partial charge in [-0.1, -0.05) is 52.9 Å². The van der Waals surface area contributed by atoms with Gasteiger partial charge in [0, 0.05) is 5.92 Å². The number of carboxylic acid groups (broad SMARTS) is 1. The highest BCUT2D eigenvalue weighted by Crippen LogP contribution is 2.32. The van der Waals surface area contributed by atoms with Crippen LogP contribution in [0.5, 0.6) is 0 Å². The normalized spacial score (nSPS) is 23.3. The molecule has 1 fully saturated rings. The summed E-state index contributed by atoms with van der Waals surface area (Å²) in [7, 11) is 0. The summed E-state index contributed by atoms with van der Waals surface area (Å²) in [6.07, 6.45) is 10.6. The molecule has 0 aliphatic heterocycles. The second-order valence-electron chi connectivity index (χ2n) is 7.14. The summed E-state index contributed by atoms with van der Waals surface area (Å²) in [5.41, 5.74) is 0.